The topological polar surface area (TPSA) is 91.7 Å². The van der Waals surface area contributed by atoms with Crippen molar-refractivity contribution in [3.63, 3.8) is 0 Å². The molecule has 0 aromatic heterocycles. The van der Waals surface area contributed by atoms with Gasteiger partial charge in [0.15, 0.2) is 13.1 Å². The van der Waals surface area contributed by atoms with Crippen LogP contribution in [0.2, 0.25) is 10.0 Å². The largest absolute Gasteiger partial charge is 0.335 e. The van der Waals surface area contributed by atoms with Gasteiger partial charge in [0, 0.05) is 11.7 Å². The Bertz CT molecular complexity index is 640. The van der Waals surface area contributed by atoms with E-state index in [1.807, 2.05) is 13.8 Å². The number of likely N-dealkylation sites (N-methyl/N-ethyl adjacent to an activating group) is 1. The summed E-state index contributed by atoms with van der Waals surface area (Å²) < 4.78 is 0. The summed E-state index contributed by atoms with van der Waals surface area (Å²) in [5.74, 6) is -0.742. The number of imide groups is 1. The Balaban J connectivity index is 2.40. The fourth-order valence-corrected chi connectivity index (χ4v) is 2.22. The molecule has 25 heavy (non-hydrogen) atoms. The minimum absolute atomic E-state index is 0.0112. The van der Waals surface area contributed by atoms with Crippen LogP contribution in [0.3, 0.4) is 0 Å². The standard InChI is InChI=1S/C16H22Cl2N4O3/c1-4-10(2)19-16(25)21-15(24)9-22(3)8-14(23)20-11-5-6-12(17)13(18)7-11/h5-7,10H,4,8-9H2,1-3H3,(H,20,23)(H2,19,21,24,25)/p+1/t10-/m1/s1. The number of quaternary nitrogens is 1. The van der Waals surface area contributed by atoms with E-state index in [9.17, 15) is 14.4 Å². The average molecular weight is 390 g/mol. The number of carbonyl (C=O) groups is 3. The van der Waals surface area contributed by atoms with Gasteiger partial charge in [0.05, 0.1) is 17.1 Å². The van der Waals surface area contributed by atoms with Gasteiger partial charge in [-0.2, -0.15) is 0 Å². The monoisotopic (exact) mass is 389 g/mol. The minimum Gasteiger partial charge on any atom is -0.335 e. The summed E-state index contributed by atoms with van der Waals surface area (Å²) in [5.41, 5.74) is 0.518. The van der Waals surface area contributed by atoms with Crippen LogP contribution in [0.4, 0.5) is 10.5 Å². The van der Waals surface area contributed by atoms with E-state index in [0.29, 0.717) is 20.6 Å². The van der Waals surface area contributed by atoms with Gasteiger partial charge >= 0.3 is 6.03 Å². The maximum atomic E-state index is 12.0. The summed E-state index contributed by atoms with van der Waals surface area (Å²) in [7, 11) is 1.68. The van der Waals surface area contributed by atoms with Gasteiger partial charge in [-0.1, -0.05) is 30.1 Å². The normalized spacial score (nSPS) is 12.8. The molecular formula is C16H23Cl2N4O3+. The first-order chi connectivity index (χ1) is 11.7. The highest BCUT2D eigenvalue weighted by atomic mass is 35.5. The molecule has 1 unspecified atom stereocenters. The highest BCUT2D eigenvalue weighted by Gasteiger charge is 2.17. The molecular weight excluding hydrogens is 367 g/mol. The zero-order valence-corrected chi connectivity index (χ0v) is 15.9. The number of nitrogens with one attached hydrogen (secondary N) is 4. The maximum Gasteiger partial charge on any atom is 0.321 e. The maximum absolute atomic E-state index is 12.0. The van der Waals surface area contributed by atoms with E-state index in [1.54, 1.807) is 25.2 Å². The third-order valence-electron chi connectivity index (χ3n) is 3.37. The number of hydrogen-bond acceptors (Lipinski definition) is 3. The van der Waals surface area contributed by atoms with Gasteiger partial charge in [-0.25, -0.2) is 4.79 Å². The minimum atomic E-state index is -0.535. The predicted molar refractivity (Wildman–Crippen MR) is 98.1 cm³/mol. The molecule has 1 aromatic carbocycles. The van der Waals surface area contributed by atoms with Crippen LogP contribution in [-0.4, -0.2) is 44.0 Å². The number of anilines is 1. The SMILES string of the molecule is CC[C@@H](C)NC(=O)NC(=O)C[NH+](C)CC(=O)Nc1ccc(Cl)c(Cl)c1. The van der Waals surface area contributed by atoms with Crippen LogP contribution in [0.15, 0.2) is 18.2 Å². The van der Waals surface area contributed by atoms with E-state index in [-0.39, 0.29) is 25.0 Å². The number of benzene rings is 1. The van der Waals surface area contributed by atoms with E-state index in [1.165, 1.54) is 0 Å². The van der Waals surface area contributed by atoms with Crippen LogP contribution in [0.5, 0.6) is 0 Å². The molecule has 0 aliphatic carbocycles. The third kappa shape index (κ3) is 8.20. The van der Waals surface area contributed by atoms with Crippen LogP contribution in [-0.2, 0) is 9.59 Å². The number of carbonyl (C=O) groups excluding carboxylic acids is 3. The zero-order valence-electron chi connectivity index (χ0n) is 14.4. The van der Waals surface area contributed by atoms with Crippen molar-refractivity contribution in [1.29, 1.82) is 0 Å². The molecule has 0 aliphatic heterocycles. The number of urea groups is 1. The molecule has 1 rings (SSSR count). The molecule has 0 fully saturated rings. The molecule has 0 heterocycles. The number of amides is 4. The Morgan fingerprint density at radius 1 is 1.12 bits per heavy atom. The zero-order chi connectivity index (χ0) is 19.0. The van der Waals surface area contributed by atoms with Crippen LogP contribution in [0.1, 0.15) is 20.3 Å². The molecule has 138 valence electrons. The van der Waals surface area contributed by atoms with Crippen molar-refractivity contribution in [1.82, 2.24) is 10.6 Å². The lowest BCUT2D eigenvalue weighted by atomic mass is 10.3. The van der Waals surface area contributed by atoms with Gasteiger partial charge in [-0.3, -0.25) is 14.9 Å². The van der Waals surface area contributed by atoms with Gasteiger partial charge in [0.25, 0.3) is 11.8 Å². The first kappa shape index (κ1) is 21.2. The van der Waals surface area contributed by atoms with Crippen molar-refractivity contribution in [3.8, 4) is 0 Å². The van der Waals surface area contributed by atoms with Crippen LogP contribution in [0.25, 0.3) is 0 Å². The summed E-state index contributed by atoms with van der Waals surface area (Å²) in [6, 6.07) is 4.21. The quantitative estimate of drug-likeness (QED) is 0.561. The lowest BCUT2D eigenvalue weighted by molar-refractivity contribution is -0.862. The highest BCUT2D eigenvalue weighted by Crippen LogP contribution is 2.24. The van der Waals surface area contributed by atoms with Crippen molar-refractivity contribution < 1.29 is 19.3 Å². The molecule has 0 radical (unpaired) electrons. The summed E-state index contributed by atoms with van der Waals surface area (Å²) in [6.07, 6.45) is 0.766. The second-order valence-corrected chi connectivity index (χ2v) is 6.63. The molecule has 0 saturated heterocycles. The average Bonchev–Trinajstić information content (AvgIpc) is 2.49. The Hall–Kier alpha value is -1.83. The number of rotatable bonds is 7. The molecule has 0 aliphatic rings. The third-order valence-corrected chi connectivity index (χ3v) is 4.11. The van der Waals surface area contributed by atoms with Crippen molar-refractivity contribution >= 4 is 46.7 Å². The smallest absolute Gasteiger partial charge is 0.321 e. The molecule has 0 spiro atoms. The molecule has 9 heteroatoms. The van der Waals surface area contributed by atoms with Crippen LogP contribution >= 0.6 is 23.2 Å². The first-order valence-corrected chi connectivity index (χ1v) is 8.63. The molecule has 7 nitrogen and oxygen atoms in total. The van der Waals surface area contributed by atoms with Gasteiger partial charge in [-0.05, 0) is 31.5 Å². The van der Waals surface area contributed by atoms with Gasteiger partial charge in [0.1, 0.15) is 0 Å². The summed E-state index contributed by atoms with van der Waals surface area (Å²) in [6.45, 7) is 3.81. The highest BCUT2D eigenvalue weighted by molar-refractivity contribution is 6.42. The van der Waals surface area contributed by atoms with Gasteiger partial charge in [0.2, 0.25) is 0 Å². The van der Waals surface area contributed by atoms with Crippen molar-refractivity contribution in [2.75, 3.05) is 25.5 Å². The van der Waals surface area contributed by atoms with Crippen molar-refractivity contribution in [2.24, 2.45) is 0 Å². The Kier molecular flexibility index (Phi) is 8.68. The summed E-state index contributed by atoms with van der Waals surface area (Å²) in [4.78, 5) is 36.0. The van der Waals surface area contributed by atoms with E-state index in [0.717, 1.165) is 6.42 Å². The Morgan fingerprint density at radius 3 is 2.36 bits per heavy atom. The molecule has 0 saturated carbocycles. The first-order valence-electron chi connectivity index (χ1n) is 7.87. The molecule has 1 aromatic rings. The number of hydrogen-bond donors (Lipinski definition) is 4. The second kappa shape index (κ2) is 10.2. The predicted octanol–water partition coefficient (Wildman–Crippen LogP) is 1.07. The lowest BCUT2D eigenvalue weighted by Crippen LogP contribution is -3.11. The van der Waals surface area contributed by atoms with E-state index in [4.69, 9.17) is 23.2 Å². The van der Waals surface area contributed by atoms with E-state index >= 15 is 0 Å². The van der Waals surface area contributed by atoms with Gasteiger partial charge < -0.3 is 15.5 Å². The van der Waals surface area contributed by atoms with Crippen LogP contribution < -0.4 is 20.9 Å². The molecule has 0 bridgehead atoms. The fraction of sp³-hybridized carbons (Fsp3) is 0.438. The Morgan fingerprint density at radius 2 is 1.76 bits per heavy atom. The van der Waals surface area contributed by atoms with Crippen molar-refractivity contribution in [3.05, 3.63) is 28.2 Å². The van der Waals surface area contributed by atoms with Crippen molar-refractivity contribution in [2.45, 2.75) is 26.3 Å². The molecule has 2 atom stereocenters. The second-order valence-electron chi connectivity index (χ2n) is 5.82. The lowest BCUT2D eigenvalue weighted by Gasteiger charge is -2.15. The number of halogens is 2. The summed E-state index contributed by atoms with van der Waals surface area (Å²) in [5, 5.41) is 8.29. The summed E-state index contributed by atoms with van der Waals surface area (Å²) >= 11 is 11.7. The van der Waals surface area contributed by atoms with Crippen LogP contribution in [0, 0.1) is 0 Å². The van der Waals surface area contributed by atoms with E-state index in [2.05, 4.69) is 16.0 Å². The Labute approximate surface area is 157 Å². The van der Waals surface area contributed by atoms with Gasteiger partial charge in [-0.15, -0.1) is 0 Å². The van der Waals surface area contributed by atoms with E-state index < -0.39 is 11.9 Å². The fourth-order valence-electron chi connectivity index (χ4n) is 1.92. The molecule has 4 N–H and O–H groups in total. The molecule has 4 amide bonds.